The van der Waals surface area contributed by atoms with E-state index in [1.165, 1.54) is 66.5 Å². The lowest BCUT2D eigenvalue weighted by Crippen LogP contribution is -2.35. The number of pyridine rings is 1. The summed E-state index contributed by atoms with van der Waals surface area (Å²) < 4.78 is 7.77. The molecule has 1 N–H and O–H groups in total. The van der Waals surface area contributed by atoms with Crippen LogP contribution in [-0.4, -0.2) is 14.0 Å². The number of aliphatic hydroxyl groups is 1. The standard InChI is InChI=1S/C32H42INO2/c1-30(2,3)21-13-8-12-20(16-21)29-26-27(32(36-29)15-9-14-24(32)33)25-22(17-31(4,5)18-23(25)35)34-28(26)19-10-6-7-11-19/h8,12-13,16,19,23-24,29,35H,6-7,9-11,14-15,17-18H2,1-5H3. The fraction of sp³-hybridized carbons (Fsp3) is 0.656. The number of benzene rings is 1. The fourth-order valence-corrected chi connectivity index (χ4v) is 8.85. The van der Waals surface area contributed by atoms with Crippen molar-refractivity contribution in [2.24, 2.45) is 5.41 Å². The molecule has 3 aliphatic carbocycles. The molecule has 6 rings (SSSR count). The van der Waals surface area contributed by atoms with E-state index in [1.54, 1.807) is 0 Å². The van der Waals surface area contributed by atoms with E-state index in [-0.39, 0.29) is 22.5 Å². The van der Waals surface area contributed by atoms with Crippen LogP contribution < -0.4 is 0 Å². The highest BCUT2D eigenvalue weighted by Gasteiger charge is 2.56. The van der Waals surface area contributed by atoms with Gasteiger partial charge in [0.05, 0.1) is 11.8 Å². The molecule has 2 aromatic rings. The molecule has 2 heterocycles. The third kappa shape index (κ3) is 4.00. The van der Waals surface area contributed by atoms with Crippen molar-refractivity contribution in [1.82, 2.24) is 4.98 Å². The number of ether oxygens (including phenoxy) is 1. The monoisotopic (exact) mass is 599 g/mol. The number of aliphatic hydroxyl groups excluding tert-OH is 1. The second-order valence-electron chi connectivity index (χ2n) is 13.8. The van der Waals surface area contributed by atoms with Crippen molar-refractivity contribution < 1.29 is 9.84 Å². The Morgan fingerprint density at radius 1 is 1.06 bits per heavy atom. The number of nitrogens with zero attached hydrogens (tertiary/aromatic N) is 1. The van der Waals surface area contributed by atoms with E-state index in [9.17, 15) is 5.11 Å². The highest BCUT2D eigenvalue weighted by Crippen LogP contribution is 2.61. The van der Waals surface area contributed by atoms with Crippen LogP contribution in [-0.2, 0) is 22.2 Å². The zero-order chi connectivity index (χ0) is 25.5. The summed E-state index contributed by atoms with van der Waals surface area (Å²) in [6.07, 6.45) is 9.58. The molecule has 1 aliphatic heterocycles. The lowest BCUT2D eigenvalue weighted by atomic mass is 9.70. The molecule has 2 fully saturated rings. The van der Waals surface area contributed by atoms with Crippen LogP contribution in [0.4, 0.5) is 0 Å². The zero-order valence-corrected chi connectivity index (χ0v) is 24.8. The van der Waals surface area contributed by atoms with Crippen LogP contribution in [0, 0.1) is 5.41 Å². The lowest BCUT2D eigenvalue weighted by molar-refractivity contribution is -0.0516. The van der Waals surface area contributed by atoms with Crippen molar-refractivity contribution >= 4 is 22.6 Å². The van der Waals surface area contributed by atoms with Crippen LogP contribution >= 0.6 is 22.6 Å². The predicted molar refractivity (Wildman–Crippen MR) is 154 cm³/mol. The molecule has 0 amide bonds. The molecule has 0 radical (unpaired) electrons. The largest absolute Gasteiger partial charge is 0.388 e. The highest BCUT2D eigenvalue weighted by molar-refractivity contribution is 14.1. The van der Waals surface area contributed by atoms with Gasteiger partial charge in [0, 0.05) is 32.2 Å². The summed E-state index contributed by atoms with van der Waals surface area (Å²) in [6.45, 7) is 11.4. The molecule has 0 bridgehead atoms. The number of alkyl halides is 1. The fourth-order valence-electron chi connectivity index (χ4n) is 7.64. The average Bonchev–Trinajstić information content (AvgIpc) is 3.53. The van der Waals surface area contributed by atoms with E-state index in [1.807, 2.05) is 0 Å². The molecule has 0 saturated heterocycles. The summed E-state index contributed by atoms with van der Waals surface area (Å²) in [6, 6.07) is 9.10. The van der Waals surface area contributed by atoms with Gasteiger partial charge in [0.25, 0.3) is 0 Å². The second kappa shape index (κ2) is 8.77. The number of hydrogen-bond donors (Lipinski definition) is 1. The minimum atomic E-state index is -0.466. The van der Waals surface area contributed by atoms with E-state index in [0.29, 0.717) is 9.84 Å². The van der Waals surface area contributed by atoms with Gasteiger partial charge in [-0.05, 0) is 66.9 Å². The lowest BCUT2D eigenvalue weighted by Gasteiger charge is -2.39. The predicted octanol–water partition coefficient (Wildman–Crippen LogP) is 8.34. The van der Waals surface area contributed by atoms with Gasteiger partial charge >= 0.3 is 0 Å². The van der Waals surface area contributed by atoms with Gasteiger partial charge in [0.2, 0.25) is 0 Å². The molecule has 194 valence electrons. The first-order valence-electron chi connectivity index (χ1n) is 14.2. The normalized spacial score (nSPS) is 31.7. The molecule has 4 unspecified atom stereocenters. The van der Waals surface area contributed by atoms with Gasteiger partial charge in [0.15, 0.2) is 0 Å². The van der Waals surface area contributed by atoms with E-state index in [0.717, 1.165) is 30.5 Å². The van der Waals surface area contributed by atoms with Crippen LogP contribution in [0.5, 0.6) is 0 Å². The van der Waals surface area contributed by atoms with E-state index >= 15 is 0 Å². The molecule has 36 heavy (non-hydrogen) atoms. The van der Waals surface area contributed by atoms with Gasteiger partial charge in [0.1, 0.15) is 11.7 Å². The first-order chi connectivity index (χ1) is 17.0. The minimum Gasteiger partial charge on any atom is -0.388 e. The SMILES string of the molecule is CC1(C)Cc2nc(C3CCCC3)c3c(c2C(O)C1)C1(CCCC1I)OC3c1cccc(C(C)(C)C)c1. The van der Waals surface area contributed by atoms with Crippen LogP contribution in [0.1, 0.15) is 143 Å². The van der Waals surface area contributed by atoms with Gasteiger partial charge in [-0.2, -0.15) is 0 Å². The van der Waals surface area contributed by atoms with Gasteiger partial charge in [-0.3, -0.25) is 4.98 Å². The third-order valence-electron chi connectivity index (χ3n) is 9.43. The Morgan fingerprint density at radius 2 is 1.81 bits per heavy atom. The van der Waals surface area contributed by atoms with Crippen molar-refractivity contribution in [3.05, 3.63) is 63.5 Å². The quantitative estimate of drug-likeness (QED) is 0.279. The van der Waals surface area contributed by atoms with Crippen molar-refractivity contribution in [2.75, 3.05) is 0 Å². The Bertz CT molecular complexity index is 1180. The molecule has 1 aromatic carbocycles. The third-order valence-corrected chi connectivity index (χ3v) is 11.1. The summed E-state index contributed by atoms with van der Waals surface area (Å²) in [5, 5.41) is 11.7. The van der Waals surface area contributed by atoms with Gasteiger partial charge in [-0.15, -0.1) is 0 Å². The first-order valence-corrected chi connectivity index (χ1v) is 15.4. The average molecular weight is 600 g/mol. The summed E-state index contributed by atoms with van der Waals surface area (Å²) in [4.78, 5) is 5.50. The maximum atomic E-state index is 11.7. The van der Waals surface area contributed by atoms with Gasteiger partial charge in [-0.1, -0.05) is 94.3 Å². The topological polar surface area (TPSA) is 42.4 Å². The molecule has 4 aliphatic rings. The second-order valence-corrected chi connectivity index (χ2v) is 15.3. The van der Waals surface area contributed by atoms with Crippen molar-refractivity contribution in [2.45, 2.75) is 125 Å². The smallest absolute Gasteiger partial charge is 0.111 e. The maximum Gasteiger partial charge on any atom is 0.111 e. The van der Waals surface area contributed by atoms with Crippen molar-refractivity contribution in [3.63, 3.8) is 0 Å². The number of hydrogen-bond acceptors (Lipinski definition) is 3. The molecule has 2 saturated carbocycles. The Balaban J connectivity index is 1.63. The summed E-state index contributed by atoms with van der Waals surface area (Å²) in [5.41, 5.74) is 8.68. The number of fused-ring (bicyclic) bond motifs is 4. The highest BCUT2D eigenvalue weighted by atomic mass is 127. The Hall–Kier alpha value is -0.980. The number of halogens is 1. The van der Waals surface area contributed by atoms with Gasteiger partial charge < -0.3 is 9.84 Å². The van der Waals surface area contributed by atoms with Crippen molar-refractivity contribution in [1.29, 1.82) is 0 Å². The van der Waals surface area contributed by atoms with Gasteiger partial charge in [-0.25, -0.2) is 0 Å². The molecule has 3 nitrogen and oxygen atoms in total. The zero-order valence-electron chi connectivity index (χ0n) is 22.7. The first kappa shape index (κ1) is 25.3. The maximum absolute atomic E-state index is 11.7. The Morgan fingerprint density at radius 3 is 2.47 bits per heavy atom. The molecule has 4 atom stereocenters. The molecular weight excluding hydrogens is 557 g/mol. The van der Waals surface area contributed by atoms with Crippen LogP contribution in [0.2, 0.25) is 0 Å². The summed E-state index contributed by atoms with van der Waals surface area (Å²) in [7, 11) is 0. The Labute approximate surface area is 231 Å². The minimum absolute atomic E-state index is 0.0626. The molecular formula is C32H42INO2. The van der Waals surface area contributed by atoms with Crippen molar-refractivity contribution in [3.8, 4) is 0 Å². The molecule has 1 spiro atoms. The van der Waals surface area contributed by atoms with Crippen LogP contribution in [0.3, 0.4) is 0 Å². The molecule has 1 aromatic heterocycles. The number of rotatable bonds is 2. The van der Waals surface area contributed by atoms with Crippen LogP contribution in [0.15, 0.2) is 24.3 Å². The van der Waals surface area contributed by atoms with Crippen LogP contribution in [0.25, 0.3) is 0 Å². The number of aromatic nitrogens is 1. The Kier molecular flexibility index (Phi) is 6.17. The van der Waals surface area contributed by atoms with E-state index in [4.69, 9.17) is 9.72 Å². The summed E-state index contributed by atoms with van der Waals surface area (Å²) in [5.74, 6) is 0.507. The van der Waals surface area contributed by atoms with E-state index in [2.05, 4.69) is 81.5 Å². The summed E-state index contributed by atoms with van der Waals surface area (Å²) >= 11 is 2.65. The molecule has 4 heteroatoms. The van der Waals surface area contributed by atoms with E-state index < -0.39 is 6.10 Å².